The molecule has 2 fully saturated rings. The number of carbonyl (C=O) groups is 1. The smallest absolute Gasteiger partial charge is 0.275 e. The van der Waals surface area contributed by atoms with Crippen molar-refractivity contribution in [2.75, 3.05) is 46.3 Å². The fraction of sp³-hybridized carbons (Fsp3) is 0.529. The molecule has 0 aliphatic carbocycles. The molecule has 2 aliphatic heterocycles. The number of aryl methyl sites for hydroxylation is 1. The molecule has 122 valence electrons. The Kier molecular flexibility index (Phi) is 3.58. The number of likely N-dealkylation sites (N-methyl/N-ethyl adjacent to an activating group) is 1. The van der Waals surface area contributed by atoms with E-state index in [1.165, 1.54) is 0 Å². The second kappa shape index (κ2) is 5.62. The van der Waals surface area contributed by atoms with Crippen LogP contribution in [-0.2, 0) is 7.05 Å². The van der Waals surface area contributed by atoms with Crippen LogP contribution in [0.15, 0.2) is 24.3 Å². The van der Waals surface area contributed by atoms with Gasteiger partial charge in [-0.1, -0.05) is 18.2 Å². The topological polar surface area (TPSA) is 44.6 Å². The molecule has 1 aromatic carbocycles. The maximum absolute atomic E-state index is 12.8. The Balaban J connectivity index is 1.45. The normalized spacial score (nSPS) is 20.9. The average molecular weight is 313 g/mol. The molecule has 3 heterocycles. The van der Waals surface area contributed by atoms with Gasteiger partial charge < -0.3 is 9.80 Å². The number of rotatable bonds is 2. The van der Waals surface area contributed by atoms with Crippen LogP contribution in [0.4, 0.5) is 0 Å². The molecule has 0 saturated carbocycles. The summed E-state index contributed by atoms with van der Waals surface area (Å²) in [5.41, 5.74) is 1.59. The molecule has 1 amide bonds. The Morgan fingerprint density at radius 3 is 2.52 bits per heavy atom. The van der Waals surface area contributed by atoms with E-state index in [0.29, 0.717) is 11.7 Å². The second-order valence-electron chi connectivity index (χ2n) is 6.69. The number of nitrogens with zero attached hydrogens (tertiary/aromatic N) is 5. The lowest BCUT2D eigenvalue weighted by Gasteiger charge is -2.47. The predicted molar refractivity (Wildman–Crippen MR) is 89.5 cm³/mol. The van der Waals surface area contributed by atoms with Gasteiger partial charge in [0.1, 0.15) is 0 Å². The molecule has 0 radical (unpaired) electrons. The van der Waals surface area contributed by atoms with Crippen LogP contribution in [-0.4, -0.2) is 82.7 Å². The van der Waals surface area contributed by atoms with Gasteiger partial charge in [-0.2, -0.15) is 5.10 Å². The van der Waals surface area contributed by atoms with Crippen molar-refractivity contribution in [1.82, 2.24) is 24.5 Å². The van der Waals surface area contributed by atoms with E-state index < -0.39 is 0 Å². The van der Waals surface area contributed by atoms with Crippen LogP contribution >= 0.6 is 0 Å². The third-order valence-electron chi connectivity index (χ3n) is 5.16. The zero-order chi connectivity index (χ0) is 16.0. The van der Waals surface area contributed by atoms with Gasteiger partial charge in [-0.05, 0) is 13.1 Å². The van der Waals surface area contributed by atoms with Crippen LogP contribution in [0.2, 0.25) is 0 Å². The summed E-state index contributed by atoms with van der Waals surface area (Å²) in [7, 11) is 4.06. The van der Waals surface area contributed by atoms with Gasteiger partial charge in [-0.15, -0.1) is 0 Å². The monoisotopic (exact) mass is 313 g/mol. The molecule has 0 atom stereocenters. The summed E-state index contributed by atoms with van der Waals surface area (Å²) >= 11 is 0. The van der Waals surface area contributed by atoms with Crippen LogP contribution in [0.3, 0.4) is 0 Å². The number of benzene rings is 1. The van der Waals surface area contributed by atoms with Gasteiger partial charge in [0.15, 0.2) is 5.69 Å². The number of hydrogen-bond acceptors (Lipinski definition) is 4. The first-order chi connectivity index (χ1) is 11.1. The second-order valence-corrected chi connectivity index (χ2v) is 6.69. The molecule has 2 aliphatic rings. The maximum Gasteiger partial charge on any atom is 0.275 e. The van der Waals surface area contributed by atoms with Gasteiger partial charge in [0, 0.05) is 57.7 Å². The van der Waals surface area contributed by atoms with E-state index in [9.17, 15) is 4.79 Å². The summed E-state index contributed by atoms with van der Waals surface area (Å²) in [5.74, 6) is 0.0622. The molecular formula is C17H23N5O. The van der Waals surface area contributed by atoms with Crippen molar-refractivity contribution >= 4 is 16.8 Å². The van der Waals surface area contributed by atoms with Crippen LogP contribution in [0.1, 0.15) is 10.5 Å². The highest BCUT2D eigenvalue weighted by Gasteiger charge is 2.37. The first-order valence-corrected chi connectivity index (χ1v) is 8.27. The standard InChI is InChI=1S/C17H23N5O/c1-19-7-9-21(10-8-19)13-11-22(12-13)17(23)16-14-5-3-4-6-15(14)20(2)18-16/h3-6,13H,7-12H2,1-2H3. The molecular weight excluding hydrogens is 290 g/mol. The summed E-state index contributed by atoms with van der Waals surface area (Å²) in [6.45, 7) is 6.11. The fourth-order valence-electron chi connectivity index (χ4n) is 3.56. The van der Waals surface area contributed by atoms with E-state index in [0.717, 1.165) is 50.2 Å². The molecule has 0 spiro atoms. The number of likely N-dealkylation sites (tertiary alicyclic amines) is 1. The van der Waals surface area contributed by atoms with Crippen molar-refractivity contribution in [3.05, 3.63) is 30.0 Å². The molecule has 6 heteroatoms. The molecule has 0 unspecified atom stereocenters. The van der Waals surface area contributed by atoms with Crippen LogP contribution in [0.5, 0.6) is 0 Å². The summed E-state index contributed by atoms with van der Waals surface area (Å²) in [4.78, 5) is 19.6. The van der Waals surface area contributed by atoms with Gasteiger partial charge >= 0.3 is 0 Å². The number of carbonyl (C=O) groups excluding carboxylic acids is 1. The van der Waals surface area contributed by atoms with Gasteiger partial charge in [-0.3, -0.25) is 14.4 Å². The number of amides is 1. The van der Waals surface area contributed by atoms with E-state index in [4.69, 9.17) is 0 Å². The summed E-state index contributed by atoms with van der Waals surface area (Å²) in [6, 6.07) is 8.44. The molecule has 2 aromatic rings. The fourth-order valence-corrected chi connectivity index (χ4v) is 3.56. The van der Waals surface area contributed by atoms with Crippen molar-refractivity contribution in [2.45, 2.75) is 6.04 Å². The van der Waals surface area contributed by atoms with Gasteiger partial charge in [0.2, 0.25) is 0 Å². The Morgan fingerprint density at radius 2 is 1.78 bits per heavy atom. The lowest BCUT2D eigenvalue weighted by molar-refractivity contribution is 0.0107. The zero-order valence-corrected chi connectivity index (χ0v) is 13.8. The number of piperazine rings is 1. The third-order valence-corrected chi connectivity index (χ3v) is 5.16. The van der Waals surface area contributed by atoms with Crippen LogP contribution in [0.25, 0.3) is 10.9 Å². The Labute approximate surface area is 136 Å². The van der Waals surface area contributed by atoms with Gasteiger partial charge in [0.25, 0.3) is 5.91 Å². The maximum atomic E-state index is 12.8. The highest BCUT2D eigenvalue weighted by molar-refractivity contribution is 6.05. The quantitative estimate of drug-likeness (QED) is 0.816. The molecule has 6 nitrogen and oxygen atoms in total. The SMILES string of the molecule is CN1CCN(C2CN(C(=O)c3nn(C)c4ccccc34)C2)CC1. The zero-order valence-electron chi connectivity index (χ0n) is 13.8. The largest absolute Gasteiger partial charge is 0.334 e. The minimum Gasteiger partial charge on any atom is -0.334 e. The molecule has 1 aromatic heterocycles. The van der Waals surface area contributed by atoms with Crippen LogP contribution in [0, 0.1) is 0 Å². The molecule has 0 N–H and O–H groups in total. The Morgan fingerprint density at radius 1 is 1.09 bits per heavy atom. The molecule has 2 saturated heterocycles. The predicted octanol–water partition coefficient (Wildman–Crippen LogP) is 0.645. The molecule has 0 bridgehead atoms. The van der Waals surface area contributed by atoms with E-state index in [2.05, 4.69) is 21.9 Å². The number of para-hydroxylation sites is 1. The van der Waals surface area contributed by atoms with E-state index in [-0.39, 0.29) is 5.91 Å². The number of hydrogen-bond donors (Lipinski definition) is 0. The van der Waals surface area contributed by atoms with Crippen molar-refractivity contribution in [3.63, 3.8) is 0 Å². The lowest BCUT2D eigenvalue weighted by atomic mass is 10.0. The minimum absolute atomic E-state index is 0.0622. The number of fused-ring (bicyclic) bond motifs is 1. The van der Waals surface area contributed by atoms with Crippen molar-refractivity contribution < 1.29 is 4.79 Å². The van der Waals surface area contributed by atoms with Crippen LogP contribution < -0.4 is 0 Å². The Hall–Kier alpha value is -1.92. The van der Waals surface area contributed by atoms with Crippen molar-refractivity contribution in [3.8, 4) is 0 Å². The van der Waals surface area contributed by atoms with E-state index >= 15 is 0 Å². The Bertz CT molecular complexity index is 726. The summed E-state index contributed by atoms with van der Waals surface area (Å²) in [6.07, 6.45) is 0. The first kappa shape index (κ1) is 14.7. The van der Waals surface area contributed by atoms with Gasteiger partial charge in [-0.25, -0.2) is 0 Å². The average Bonchev–Trinajstić information content (AvgIpc) is 2.85. The lowest BCUT2D eigenvalue weighted by Crippen LogP contribution is -2.64. The summed E-state index contributed by atoms with van der Waals surface area (Å²) < 4.78 is 1.79. The van der Waals surface area contributed by atoms with Crippen molar-refractivity contribution in [1.29, 1.82) is 0 Å². The van der Waals surface area contributed by atoms with Gasteiger partial charge in [0.05, 0.1) is 5.52 Å². The third kappa shape index (κ3) is 2.52. The highest BCUT2D eigenvalue weighted by atomic mass is 16.2. The van der Waals surface area contributed by atoms with E-state index in [1.54, 1.807) is 4.68 Å². The molecule has 23 heavy (non-hydrogen) atoms. The summed E-state index contributed by atoms with van der Waals surface area (Å²) in [5, 5.41) is 5.39. The number of aromatic nitrogens is 2. The first-order valence-electron chi connectivity index (χ1n) is 8.27. The van der Waals surface area contributed by atoms with E-state index in [1.807, 2.05) is 36.2 Å². The minimum atomic E-state index is 0.0622. The van der Waals surface area contributed by atoms with Crippen molar-refractivity contribution in [2.24, 2.45) is 7.05 Å². The highest BCUT2D eigenvalue weighted by Crippen LogP contribution is 2.23. The molecule has 4 rings (SSSR count).